The second kappa shape index (κ2) is 13.4. The van der Waals surface area contributed by atoms with Crippen molar-refractivity contribution in [1.82, 2.24) is 10.2 Å². The van der Waals surface area contributed by atoms with Crippen LogP contribution in [-0.2, 0) is 26.2 Å². The van der Waals surface area contributed by atoms with Crippen molar-refractivity contribution in [2.24, 2.45) is 0 Å². The average molecular weight is 598 g/mol. The SMILES string of the molecule is COc1ccc(S(=O)(=O)N(CC(=O)N(Cc2ccc(C)cc2)C(C)C(=O)NC2CCCC2)c2cccc(Cl)c2)cc1. The monoisotopic (exact) mass is 597 g/mol. The summed E-state index contributed by atoms with van der Waals surface area (Å²) < 4.78 is 34.1. The van der Waals surface area contributed by atoms with Crippen LogP contribution in [0.25, 0.3) is 0 Å². The molecule has 1 aliphatic rings. The van der Waals surface area contributed by atoms with Gasteiger partial charge in [-0.3, -0.25) is 13.9 Å². The summed E-state index contributed by atoms with van der Waals surface area (Å²) in [6, 6.07) is 19.2. The number of methoxy groups -OCH3 is 1. The highest BCUT2D eigenvalue weighted by atomic mass is 35.5. The van der Waals surface area contributed by atoms with Gasteiger partial charge in [0.05, 0.1) is 17.7 Å². The summed E-state index contributed by atoms with van der Waals surface area (Å²) >= 11 is 6.23. The van der Waals surface area contributed by atoms with Crippen molar-refractivity contribution in [2.75, 3.05) is 18.0 Å². The van der Waals surface area contributed by atoms with Gasteiger partial charge in [0, 0.05) is 17.6 Å². The number of benzene rings is 3. The van der Waals surface area contributed by atoms with Crippen LogP contribution < -0.4 is 14.4 Å². The quantitative estimate of drug-likeness (QED) is 0.322. The maximum Gasteiger partial charge on any atom is 0.264 e. The number of nitrogens with one attached hydrogen (secondary N) is 1. The van der Waals surface area contributed by atoms with E-state index < -0.39 is 28.5 Å². The molecule has 10 heteroatoms. The van der Waals surface area contributed by atoms with Gasteiger partial charge in [0.25, 0.3) is 10.0 Å². The summed E-state index contributed by atoms with van der Waals surface area (Å²) in [6.45, 7) is 3.27. The summed E-state index contributed by atoms with van der Waals surface area (Å²) in [6.07, 6.45) is 3.94. The second-order valence-corrected chi connectivity index (χ2v) is 12.6. The zero-order chi connectivity index (χ0) is 29.6. The highest BCUT2D eigenvalue weighted by Crippen LogP contribution is 2.28. The maximum atomic E-state index is 14.0. The van der Waals surface area contributed by atoms with Crippen LogP contribution in [0.4, 0.5) is 5.69 Å². The van der Waals surface area contributed by atoms with Gasteiger partial charge < -0.3 is 15.0 Å². The van der Waals surface area contributed by atoms with Crippen LogP contribution >= 0.6 is 11.6 Å². The van der Waals surface area contributed by atoms with Gasteiger partial charge in [-0.05, 0) is 74.7 Å². The van der Waals surface area contributed by atoms with E-state index in [2.05, 4.69) is 5.32 Å². The molecule has 0 saturated heterocycles. The van der Waals surface area contributed by atoms with E-state index in [-0.39, 0.29) is 29.1 Å². The Morgan fingerprint density at radius 1 is 1.02 bits per heavy atom. The van der Waals surface area contributed by atoms with E-state index in [1.807, 2.05) is 31.2 Å². The molecule has 0 heterocycles. The van der Waals surface area contributed by atoms with Crippen LogP contribution in [0.15, 0.2) is 77.7 Å². The fourth-order valence-electron chi connectivity index (χ4n) is 4.90. The van der Waals surface area contributed by atoms with Crippen LogP contribution in [0.1, 0.15) is 43.7 Å². The zero-order valence-electron chi connectivity index (χ0n) is 23.5. The molecule has 1 aliphatic carbocycles. The van der Waals surface area contributed by atoms with E-state index in [4.69, 9.17) is 16.3 Å². The van der Waals surface area contributed by atoms with E-state index in [0.717, 1.165) is 41.1 Å². The Labute approximate surface area is 247 Å². The number of sulfonamides is 1. The lowest BCUT2D eigenvalue weighted by Gasteiger charge is -2.32. The Bertz CT molecular complexity index is 1460. The van der Waals surface area contributed by atoms with E-state index in [9.17, 15) is 18.0 Å². The molecule has 41 heavy (non-hydrogen) atoms. The van der Waals surface area contributed by atoms with Crippen LogP contribution in [0.3, 0.4) is 0 Å². The molecule has 0 bridgehead atoms. The third-order valence-electron chi connectivity index (χ3n) is 7.36. The van der Waals surface area contributed by atoms with Gasteiger partial charge in [-0.25, -0.2) is 8.42 Å². The van der Waals surface area contributed by atoms with Crippen molar-refractivity contribution < 1.29 is 22.7 Å². The highest BCUT2D eigenvalue weighted by Gasteiger charge is 2.33. The van der Waals surface area contributed by atoms with Crippen LogP contribution in [0.5, 0.6) is 5.75 Å². The van der Waals surface area contributed by atoms with Crippen LogP contribution in [0.2, 0.25) is 5.02 Å². The summed E-state index contributed by atoms with van der Waals surface area (Å²) in [7, 11) is -2.70. The Hall–Kier alpha value is -3.56. The molecular weight excluding hydrogens is 562 g/mol. The standard InChI is InChI=1S/C31H36ClN3O5S/c1-22-11-13-24(14-12-22)20-34(23(2)31(37)33-26-8-4-5-9-26)30(36)21-35(27-10-6-7-25(32)19-27)41(38,39)29-17-15-28(40-3)16-18-29/h6-7,10-19,23,26H,4-5,8-9,20-21H2,1-3H3,(H,33,37). The lowest BCUT2D eigenvalue weighted by molar-refractivity contribution is -0.139. The van der Waals surface area contributed by atoms with E-state index in [1.165, 1.54) is 30.2 Å². The highest BCUT2D eigenvalue weighted by molar-refractivity contribution is 7.92. The summed E-state index contributed by atoms with van der Waals surface area (Å²) in [5, 5.41) is 3.40. The predicted molar refractivity (Wildman–Crippen MR) is 161 cm³/mol. The predicted octanol–water partition coefficient (Wildman–Crippen LogP) is 5.33. The Morgan fingerprint density at radius 3 is 2.29 bits per heavy atom. The number of nitrogens with zero attached hydrogens (tertiary/aromatic N) is 2. The Morgan fingerprint density at radius 2 is 1.68 bits per heavy atom. The van der Waals surface area contributed by atoms with Crippen LogP contribution in [0, 0.1) is 6.92 Å². The number of halogens is 1. The number of anilines is 1. The molecule has 0 aliphatic heterocycles. The molecule has 4 rings (SSSR count). The molecule has 1 atom stereocenters. The number of carbonyl (C=O) groups is 2. The fourth-order valence-corrected chi connectivity index (χ4v) is 6.49. The normalized spacial score (nSPS) is 14.3. The van der Waals surface area contributed by atoms with E-state index in [0.29, 0.717) is 10.8 Å². The van der Waals surface area contributed by atoms with Gasteiger partial charge in [-0.15, -0.1) is 0 Å². The van der Waals surface area contributed by atoms with Crippen molar-refractivity contribution in [3.8, 4) is 5.75 Å². The van der Waals surface area contributed by atoms with Crippen molar-refractivity contribution in [3.63, 3.8) is 0 Å². The number of rotatable bonds is 11. The van der Waals surface area contributed by atoms with E-state index >= 15 is 0 Å². The lowest BCUT2D eigenvalue weighted by atomic mass is 10.1. The molecule has 3 aromatic carbocycles. The molecule has 8 nitrogen and oxygen atoms in total. The minimum absolute atomic E-state index is 0.0109. The van der Waals surface area contributed by atoms with Gasteiger partial charge in [-0.1, -0.05) is 60.3 Å². The van der Waals surface area contributed by atoms with Crippen LogP contribution in [-0.4, -0.2) is 50.9 Å². The van der Waals surface area contributed by atoms with Gasteiger partial charge in [0.1, 0.15) is 18.3 Å². The maximum absolute atomic E-state index is 14.0. The van der Waals surface area contributed by atoms with Crippen molar-refractivity contribution >= 4 is 39.1 Å². The first-order chi connectivity index (χ1) is 19.6. The van der Waals surface area contributed by atoms with Crippen molar-refractivity contribution in [1.29, 1.82) is 0 Å². The number of carbonyl (C=O) groups excluding carboxylic acids is 2. The molecule has 218 valence electrons. The van der Waals surface area contributed by atoms with Gasteiger partial charge >= 0.3 is 0 Å². The lowest BCUT2D eigenvalue weighted by Crippen LogP contribution is -2.52. The summed E-state index contributed by atoms with van der Waals surface area (Å²) in [5.74, 6) is -0.276. The minimum atomic E-state index is -4.20. The third kappa shape index (κ3) is 7.59. The first-order valence-corrected chi connectivity index (χ1v) is 15.5. The molecule has 1 fully saturated rings. The van der Waals surface area contributed by atoms with Crippen molar-refractivity contribution in [3.05, 3.63) is 88.9 Å². The number of ether oxygens (including phenoxy) is 1. The molecule has 0 spiro atoms. The summed E-state index contributed by atoms with van der Waals surface area (Å²) in [4.78, 5) is 28.8. The molecule has 0 radical (unpaired) electrons. The smallest absolute Gasteiger partial charge is 0.264 e. The molecule has 0 aromatic heterocycles. The third-order valence-corrected chi connectivity index (χ3v) is 9.39. The fraction of sp³-hybridized carbons (Fsp3) is 0.355. The van der Waals surface area contributed by atoms with Gasteiger partial charge in [0.2, 0.25) is 11.8 Å². The van der Waals surface area contributed by atoms with E-state index in [1.54, 1.807) is 37.3 Å². The van der Waals surface area contributed by atoms with Crippen molar-refractivity contribution in [2.45, 2.75) is 63.1 Å². The van der Waals surface area contributed by atoms with Gasteiger partial charge in [-0.2, -0.15) is 0 Å². The largest absolute Gasteiger partial charge is 0.497 e. The summed E-state index contributed by atoms with van der Waals surface area (Å²) in [5.41, 5.74) is 2.13. The number of hydrogen-bond donors (Lipinski definition) is 1. The average Bonchev–Trinajstić information content (AvgIpc) is 3.48. The minimum Gasteiger partial charge on any atom is -0.497 e. The molecular formula is C31H36ClN3O5S. The number of aryl methyl sites for hydroxylation is 1. The number of amides is 2. The molecule has 3 aromatic rings. The topological polar surface area (TPSA) is 96.0 Å². The molecule has 1 N–H and O–H groups in total. The Balaban J connectivity index is 1.68. The molecule has 1 unspecified atom stereocenters. The molecule has 1 saturated carbocycles. The first-order valence-electron chi connectivity index (χ1n) is 13.7. The van der Waals surface area contributed by atoms with Gasteiger partial charge in [0.15, 0.2) is 0 Å². The first kappa shape index (κ1) is 30.4. The second-order valence-electron chi connectivity index (χ2n) is 10.3. The Kier molecular flexibility index (Phi) is 9.94. The molecule has 2 amide bonds. The zero-order valence-corrected chi connectivity index (χ0v) is 25.1. The number of hydrogen-bond acceptors (Lipinski definition) is 5.